The van der Waals surface area contributed by atoms with Gasteiger partial charge in [0.15, 0.2) is 6.10 Å². The van der Waals surface area contributed by atoms with E-state index >= 15 is 0 Å². The fourth-order valence-corrected chi connectivity index (χ4v) is 2.66. The first kappa shape index (κ1) is 14.6. The Morgan fingerprint density at radius 2 is 2.05 bits per heavy atom. The van der Waals surface area contributed by atoms with Gasteiger partial charge in [-0.15, -0.1) is 0 Å². The molecule has 1 aromatic rings. The summed E-state index contributed by atoms with van der Waals surface area (Å²) in [4.78, 5) is 20.6. The highest BCUT2D eigenvalue weighted by Crippen LogP contribution is 2.17. The maximum absolute atomic E-state index is 12.3. The SMILES string of the molecule is O=C([C@H]1COCCO1)N1CCN(c2ccc(Cl)cn2)CC1. The number of hydrogen-bond donors (Lipinski definition) is 0. The number of ether oxygens (including phenoxy) is 2. The molecule has 0 spiro atoms. The van der Waals surface area contributed by atoms with Crippen molar-refractivity contribution in [2.24, 2.45) is 0 Å². The minimum atomic E-state index is -0.445. The Morgan fingerprint density at radius 1 is 1.24 bits per heavy atom. The highest BCUT2D eigenvalue weighted by molar-refractivity contribution is 6.30. The van der Waals surface area contributed by atoms with Crippen molar-refractivity contribution in [3.63, 3.8) is 0 Å². The fraction of sp³-hybridized carbons (Fsp3) is 0.571. The third-order valence-corrected chi connectivity index (χ3v) is 3.94. The maximum Gasteiger partial charge on any atom is 0.254 e. The van der Waals surface area contributed by atoms with E-state index in [-0.39, 0.29) is 5.91 Å². The Balaban J connectivity index is 1.54. The van der Waals surface area contributed by atoms with Gasteiger partial charge in [-0.25, -0.2) is 4.98 Å². The number of carbonyl (C=O) groups excluding carboxylic acids is 1. The lowest BCUT2D eigenvalue weighted by atomic mass is 10.2. The molecule has 0 aromatic carbocycles. The van der Waals surface area contributed by atoms with Crippen LogP contribution in [0.1, 0.15) is 0 Å². The van der Waals surface area contributed by atoms with Crippen molar-refractivity contribution < 1.29 is 14.3 Å². The predicted octanol–water partition coefficient (Wildman–Crippen LogP) is 0.799. The molecule has 0 N–H and O–H groups in total. The van der Waals surface area contributed by atoms with Gasteiger partial charge in [-0.05, 0) is 12.1 Å². The van der Waals surface area contributed by atoms with Crippen LogP contribution in [0.25, 0.3) is 0 Å². The van der Waals surface area contributed by atoms with Gasteiger partial charge >= 0.3 is 0 Å². The van der Waals surface area contributed by atoms with E-state index in [1.54, 1.807) is 6.20 Å². The molecule has 2 saturated heterocycles. The standard InChI is InChI=1S/C14H18ClN3O3/c15-11-1-2-13(16-9-11)17-3-5-18(6-4-17)14(19)12-10-20-7-8-21-12/h1-2,9,12H,3-8,10H2/t12-/m1/s1. The van der Waals surface area contributed by atoms with E-state index in [4.69, 9.17) is 21.1 Å². The van der Waals surface area contributed by atoms with E-state index in [2.05, 4.69) is 9.88 Å². The second-order valence-electron chi connectivity index (χ2n) is 5.08. The summed E-state index contributed by atoms with van der Waals surface area (Å²) in [5.41, 5.74) is 0. The van der Waals surface area contributed by atoms with Crippen LogP contribution in [0.4, 0.5) is 5.82 Å². The summed E-state index contributed by atoms with van der Waals surface area (Å²) in [7, 11) is 0. The Hall–Kier alpha value is -1.37. The number of carbonyl (C=O) groups is 1. The molecule has 114 valence electrons. The molecular formula is C14H18ClN3O3. The Morgan fingerprint density at radius 3 is 2.67 bits per heavy atom. The van der Waals surface area contributed by atoms with E-state index in [1.165, 1.54) is 0 Å². The Labute approximate surface area is 128 Å². The zero-order chi connectivity index (χ0) is 14.7. The molecule has 6 nitrogen and oxygen atoms in total. The van der Waals surface area contributed by atoms with Gasteiger partial charge in [0.1, 0.15) is 5.82 Å². The molecule has 0 radical (unpaired) electrons. The Bertz CT molecular complexity index is 483. The summed E-state index contributed by atoms with van der Waals surface area (Å²) in [6, 6.07) is 3.73. The van der Waals surface area contributed by atoms with Crippen LogP contribution in [0.2, 0.25) is 5.02 Å². The lowest BCUT2D eigenvalue weighted by Crippen LogP contribution is -2.53. The van der Waals surface area contributed by atoms with Crippen LogP contribution in [0.5, 0.6) is 0 Å². The van der Waals surface area contributed by atoms with Crippen LogP contribution in [0, 0.1) is 0 Å². The van der Waals surface area contributed by atoms with Crippen LogP contribution in [-0.2, 0) is 14.3 Å². The van der Waals surface area contributed by atoms with Crippen molar-refractivity contribution in [1.82, 2.24) is 9.88 Å². The van der Waals surface area contributed by atoms with Crippen LogP contribution in [0.15, 0.2) is 18.3 Å². The van der Waals surface area contributed by atoms with Gasteiger partial charge in [0.2, 0.25) is 0 Å². The molecule has 0 saturated carbocycles. The first-order valence-electron chi connectivity index (χ1n) is 7.09. The number of amides is 1. The second-order valence-corrected chi connectivity index (χ2v) is 5.52. The van der Waals surface area contributed by atoms with E-state index in [1.807, 2.05) is 17.0 Å². The number of rotatable bonds is 2. The molecule has 2 aliphatic heterocycles. The molecule has 2 aliphatic rings. The van der Waals surface area contributed by atoms with Crippen molar-refractivity contribution in [2.45, 2.75) is 6.10 Å². The zero-order valence-corrected chi connectivity index (χ0v) is 12.5. The first-order chi connectivity index (χ1) is 10.2. The lowest BCUT2D eigenvalue weighted by Gasteiger charge is -2.37. The molecular weight excluding hydrogens is 294 g/mol. The average molecular weight is 312 g/mol. The van der Waals surface area contributed by atoms with Crippen LogP contribution in [-0.4, -0.2) is 67.9 Å². The molecule has 1 aromatic heterocycles. The van der Waals surface area contributed by atoms with Crippen molar-refractivity contribution in [3.8, 4) is 0 Å². The zero-order valence-electron chi connectivity index (χ0n) is 11.7. The van der Waals surface area contributed by atoms with Gasteiger partial charge in [0.05, 0.1) is 24.8 Å². The third-order valence-electron chi connectivity index (χ3n) is 3.72. The molecule has 2 fully saturated rings. The van der Waals surface area contributed by atoms with Crippen molar-refractivity contribution in [3.05, 3.63) is 23.4 Å². The summed E-state index contributed by atoms with van der Waals surface area (Å²) >= 11 is 5.84. The largest absolute Gasteiger partial charge is 0.376 e. The van der Waals surface area contributed by atoms with E-state index in [0.717, 1.165) is 18.9 Å². The average Bonchev–Trinajstić information content (AvgIpc) is 2.56. The third kappa shape index (κ3) is 3.45. The van der Waals surface area contributed by atoms with Gasteiger partial charge in [0, 0.05) is 32.4 Å². The number of piperazine rings is 1. The van der Waals surface area contributed by atoms with Gasteiger partial charge in [-0.2, -0.15) is 0 Å². The number of aromatic nitrogens is 1. The molecule has 0 aliphatic carbocycles. The predicted molar refractivity (Wildman–Crippen MR) is 78.6 cm³/mol. The summed E-state index contributed by atoms with van der Waals surface area (Å²) < 4.78 is 10.8. The van der Waals surface area contributed by atoms with Gasteiger partial charge in [0.25, 0.3) is 5.91 Å². The van der Waals surface area contributed by atoms with Crippen LogP contribution >= 0.6 is 11.6 Å². The molecule has 3 rings (SSSR count). The molecule has 1 amide bonds. The minimum absolute atomic E-state index is 0.0263. The van der Waals surface area contributed by atoms with Crippen LogP contribution < -0.4 is 4.90 Å². The van der Waals surface area contributed by atoms with E-state index in [0.29, 0.717) is 37.9 Å². The summed E-state index contributed by atoms with van der Waals surface area (Å²) in [5.74, 6) is 0.919. The first-order valence-corrected chi connectivity index (χ1v) is 7.46. The van der Waals surface area contributed by atoms with Gasteiger partial charge in [-0.1, -0.05) is 11.6 Å². The molecule has 0 bridgehead atoms. The van der Waals surface area contributed by atoms with Crippen molar-refractivity contribution >= 4 is 23.3 Å². The quantitative estimate of drug-likeness (QED) is 0.808. The smallest absolute Gasteiger partial charge is 0.254 e. The summed E-state index contributed by atoms with van der Waals surface area (Å²) in [6.45, 7) is 4.27. The topological polar surface area (TPSA) is 54.9 Å². The van der Waals surface area contributed by atoms with Gasteiger partial charge in [-0.3, -0.25) is 4.79 Å². The Kier molecular flexibility index (Phi) is 4.57. The maximum atomic E-state index is 12.3. The molecule has 0 unspecified atom stereocenters. The number of nitrogens with zero attached hydrogens (tertiary/aromatic N) is 3. The number of anilines is 1. The van der Waals surface area contributed by atoms with E-state index < -0.39 is 6.10 Å². The molecule has 7 heteroatoms. The van der Waals surface area contributed by atoms with E-state index in [9.17, 15) is 4.79 Å². The highest BCUT2D eigenvalue weighted by Gasteiger charge is 2.30. The molecule has 3 heterocycles. The van der Waals surface area contributed by atoms with Crippen molar-refractivity contribution in [2.75, 3.05) is 50.9 Å². The van der Waals surface area contributed by atoms with Gasteiger partial charge < -0.3 is 19.3 Å². The fourth-order valence-electron chi connectivity index (χ4n) is 2.54. The lowest BCUT2D eigenvalue weighted by molar-refractivity contribution is -0.158. The highest BCUT2D eigenvalue weighted by atomic mass is 35.5. The number of halogens is 1. The summed E-state index contributed by atoms with van der Waals surface area (Å²) in [5, 5.41) is 0.627. The second kappa shape index (κ2) is 6.60. The normalized spacial score (nSPS) is 23.2. The minimum Gasteiger partial charge on any atom is -0.376 e. The summed E-state index contributed by atoms with van der Waals surface area (Å²) in [6.07, 6.45) is 1.20. The molecule has 21 heavy (non-hydrogen) atoms. The van der Waals surface area contributed by atoms with Crippen molar-refractivity contribution in [1.29, 1.82) is 0 Å². The molecule has 1 atom stereocenters. The van der Waals surface area contributed by atoms with Crippen LogP contribution in [0.3, 0.4) is 0 Å². The number of pyridine rings is 1. The number of hydrogen-bond acceptors (Lipinski definition) is 5. The monoisotopic (exact) mass is 311 g/mol.